The number of aliphatic imine (C=N–C) groups is 2. The van der Waals surface area contributed by atoms with Crippen molar-refractivity contribution in [3.63, 3.8) is 0 Å². The molecule has 3 heterocycles. The Morgan fingerprint density at radius 1 is 1.22 bits per heavy atom. The maximum Gasteiger partial charge on any atom is 0.415 e. The molecule has 0 bridgehead atoms. The summed E-state index contributed by atoms with van der Waals surface area (Å²) in [6.45, 7) is 13.1. The number of amides is 1. The average Bonchev–Trinajstić information content (AvgIpc) is 2.96. The Labute approximate surface area is 239 Å². The Kier molecular flexibility index (Phi) is 10.5. The zero-order valence-electron chi connectivity index (χ0n) is 24.1. The first-order valence-corrected chi connectivity index (χ1v) is 13.2. The molecule has 4 rings (SSSR count). The van der Waals surface area contributed by atoms with Gasteiger partial charge in [0.25, 0.3) is 0 Å². The summed E-state index contributed by atoms with van der Waals surface area (Å²) in [5, 5.41) is 0. The molecule has 0 unspecified atom stereocenters. The summed E-state index contributed by atoms with van der Waals surface area (Å²) < 4.78 is 23.3. The Hall–Kier alpha value is -4.32. The van der Waals surface area contributed by atoms with Crippen molar-refractivity contribution in [2.45, 2.75) is 46.1 Å². The standard InChI is InChI=1S/C28H32FN5O5.CH5N/c1-18-23(16-32-26-25(18)34(12-13-37-26)27(36)38-28(2,3)4)33-11-10-20(22(17-33)30-5)15-31-21-8-6-19(7-9-21)14-24(35)39-29;1-2/h6-9,15-16H,5,10-14,17H2,1-4H3;2H2,1H3. The molecule has 2 aliphatic rings. The van der Waals surface area contributed by atoms with E-state index in [1.54, 1.807) is 41.6 Å². The molecule has 12 heteroatoms. The second kappa shape index (κ2) is 13.8. The fourth-order valence-corrected chi connectivity index (χ4v) is 4.45. The van der Waals surface area contributed by atoms with E-state index in [9.17, 15) is 14.1 Å². The Balaban J connectivity index is 0.00000226. The SMILES string of the molecule is C=NC1=C(C=Nc2ccc(CC(=O)OF)cc2)CCN(c2cnc3c(c2C)N(C(=O)OC(C)(C)C)CCO3)C1.CN. The Morgan fingerprint density at radius 3 is 2.56 bits per heavy atom. The van der Waals surface area contributed by atoms with E-state index in [1.807, 2.05) is 27.7 Å². The number of fused-ring (bicyclic) bond motifs is 1. The van der Waals surface area contributed by atoms with Crippen LogP contribution in [0.2, 0.25) is 0 Å². The van der Waals surface area contributed by atoms with Gasteiger partial charge in [0.15, 0.2) is 0 Å². The highest BCUT2D eigenvalue weighted by molar-refractivity contribution is 5.92. The van der Waals surface area contributed by atoms with Gasteiger partial charge in [-0.1, -0.05) is 12.1 Å². The van der Waals surface area contributed by atoms with Crippen molar-refractivity contribution >= 4 is 42.1 Å². The first-order chi connectivity index (χ1) is 19.6. The summed E-state index contributed by atoms with van der Waals surface area (Å²) in [6.07, 6.45) is 3.61. The molecule has 1 aromatic carbocycles. The van der Waals surface area contributed by atoms with Crippen LogP contribution in [0.5, 0.6) is 5.88 Å². The van der Waals surface area contributed by atoms with Crippen molar-refractivity contribution in [1.82, 2.24) is 4.98 Å². The van der Waals surface area contributed by atoms with Crippen LogP contribution >= 0.6 is 0 Å². The Bertz CT molecular complexity index is 1320. The number of pyridine rings is 1. The highest BCUT2D eigenvalue weighted by Gasteiger charge is 2.32. The molecule has 0 saturated carbocycles. The third-order valence-electron chi connectivity index (χ3n) is 6.32. The molecule has 2 aromatic rings. The summed E-state index contributed by atoms with van der Waals surface area (Å²) in [6, 6.07) is 6.89. The summed E-state index contributed by atoms with van der Waals surface area (Å²) in [5.74, 6) is -0.539. The normalized spacial score (nSPS) is 15.0. The lowest BCUT2D eigenvalue weighted by atomic mass is 10.0. The van der Waals surface area contributed by atoms with Gasteiger partial charge in [0.1, 0.15) is 17.9 Å². The molecule has 0 fully saturated rings. The molecule has 2 N–H and O–H groups in total. The van der Waals surface area contributed by atoms with Gasteiger partial charge in [0.05, 0.1) is 42.8 Å². The van der Waals surface area contributed by atoms with Crippen LogP contribution in [0.4, 0.5) is 26.4 Å². The van der Waals surface area contributed by atoms with Crippen molar-refractivity contribution in [2.24, 2.45) is 15.7 Å². The molecule has 220 valence electrons. The first kappa shape index (κ1) is 31.2. The van der Waals surface area contributed by atoms with E-state index in [4.69, 9.17) is 9.47 Å². The van der Waals surface area contributed by atoms with Gasteiger partial charge < -0.3 is 20.1 Å². The highest BCUT2D eigenvalue weighted by Crippen LogP contribution is 2.39. The number of rotatable bonds is 6. The van der Waals surface area contributed by atoms with E-state index in [0.29, 0.717) is 55.5 Å². The number of aromatic nitrogens is 1. The number of carbonyl (C=O) groups is 2. The van der Waals surface area contributed by atoms with Gasteiger partial charge in [0.2, 0.25) is 5.88 Å². The number of carbonyl (C=O) groups excluding carboxylic acids is 2. The van der Waals surface area contributed by atoms with Crippen LogP contribution < -0.4 is 20.3 Å². The maximum atomic E-state index is 13.0. The van der Waals surface area contributed by atoms with Crippen molar-refractivity contribution in [2.75, 3.05) is 43.1 Å². The molecule has 0 spiro atoms. The van der Waals surface area contributed by atoms with Crippen molar-refractivity contribution in [1.29, 1.82) is 0 Å². The zero-order chi connectivity index (χ0) is 30.2. The summed E-state index contributed by atoms with van der Waals surface area (Å²) in [4.78, 5) is 44.3. The topological polar surface area (TPSA) is 132 Å². The van der Waals surface area contributed by atoms with E-state index in [-0.39, 0.29) is 6.42 Å². The van der Waals surface area contributed by atoms with Gasteiger partial charge >= 0.3 is 12.1 Å². The third kappa shape index (κ3) is 7.88. The van der Waals surface area contributed by atoms with E-state index >= 15 is 0 Å². The van der Waals surface area contributed by atoms with Crippen LogP contribution in [0.1, 0.15) is 38.3 Å². The van der Waals surface area contributed by atoms with Gasteiger partial charge in [-0.25, -0.2) is 14.6 Å². The maximum absolute atomic E-state index is 13.0. The number of benzene rings is 1. The molecule has 0 radical (unpaired) electrons. The number of anilines is 2. The lowest BCUT2D eigenvalue weighted by Gasteiger charge is -2.35. The van der Waals surface area contributed by atoms with Crippen LogP contribution in [0, 0.1) is 6.92 Å². The molecule has 41 heavy (non-hydrogen) atoms. The van der Waals surface area contributed by atoms with Gasteiger partial charge in [-0.3, -0.25) is 19.8 Å². The number of ether oxygens (including phenoxy) is 2. The quantitative estimate of drug-likeness (QED) is 0.499. The van der Waals surface area contributed by atoms with Gasteiger partial charge in [-0.2, -0.15) is 0 Å². The fourth-order valence-electron chi connectivity index (χ4n) is 4.45. The molecule has 0 aliphatic carbocycles. The molecule has 1 amide bonds. The van der Waals surface area contributed by atoms with Gasteiger partial charge in [-0.05, 0) is 71.2 Å². The van der Waals surface area contributed by atoms with Crippen molar-refractivity contribution < 1.29 is 28.5 Å². The van der Waals surface area contributed by atoms with Crippen molar-refractivity contribution in [3.8, 4) is 5.88 Å². The lowest BCUT2D eigenvalue weighted by molar-refractivity contribution is -0.182. The zero-order valence-corrected chi connectivity index (χ0v) is 24.1. The van der Waals surface area contributed by atoms with Crippen LogP contribution in [0.3, 0.4) is 0 Å². The van der Waals surface area contributed by atoms with E-state index in [0.717, 1.165) is 22.5 Å². The molecular formula is C29H37FN6O5. The lowest BCUT2D eigenvalue weighted by Crippen LogP contribution is -2.42. The second-order valence-corrected chi connectivity index (χ2v) is 10.3. The minimum atomic E-state index is -0.945. The van der Waals surface area contributed by atoms with Crippen LogP contribution in [-0.4, -0.2) is 68.9 Å². The third-order valence-corrected chi connectivity index (χ3v) is 6.32. The average molecular weight is 569 g/mol. The minimum Gasteiger partial charge on any atom is -0.474 e. The van der Waals surface area contributed by atoms with Crippen LogP contribution in [0.25, 0.3) is 0 Å². The van der Waals surface area contributed by atoms with Crippen molar-refractivity contribution in [3.05, 3.63) is 52.9 Å². The molecular weight excluding hydrogens is 531 g/mol. The molecule has 1 aromatic heterocycles. The summed E-state index contributed by atoms with van der Waals surface area (Å²) >= 11 is 0. The number of nitrogens with zero attached hydrogens (tertiary/aromatic N) is 5. The monoisotopic (exact) mass is 568 g/mol. The molecule has 11 nitrogen and oxygen atoms in total. The molecule has 2 aliphatic heterocycles. The molecule has 0 saturated heterocycles. The number of nitrogens with two attached hydrogens (primary N) is 1. The predicted octanol–water partition coefficient (Wildman–Crippen LogP) is 4.64. The number of halogens is 1. The predicted molar refractivity (Wildman–Crippen MR) is 157 cm³/mol. The van der Waals surface area contributed by atoms with E-state index in [2.05, 4.69) is 37.3 Å². The fraction of sp³-hybridized carbons (Fsp3) is 0.414. The van der Waals surface area contributed by atoms with Gasteiger partial charge in [-0.15, -0.1) is 0 Å². The van der Waals surface area contributed by atoms with Crippen LogP contribution in [-0.2, 0) is 20.9 Å². The minimum absolute atomic E-state index is 0.148. The first-order valence-electron chi connectivity index (χ1n) is 13.2. The van der Waals surface area contributed by atoms with E-state index in [1.165, 1.54) is 7.05 Å². The number of hydrogen-bond donors (Lipinski definition) is 1. The largest absolute Gasteiger partial charge is 0.474 e. The van der Waals surface area contributed by atoms with Crippen LogP contribution in [0.15, 0.2) is 51.7 Å². The summed E-state index contributed by atoms with van der Waals surface area (Å²) in [5.41, 5.74) is 9.26. The number of hydrogen-bond acceptors (Lipinski definition) is 10. The van der Waals surface area contributed by atoms with E-state index < -0.39 is 17.7 Å². The Morgan fingerprint density at radius 2 is 1.93 bits per heavy atom. The second-order valence-electron chi connectivity index (χ2n) is 10.3. The highest BCUT2D eigenvalue weighted by atomic mass is 19.3. The smallest absolute Gasteiger partial charge is 0.415 e. The van der Waals surface area contributed by atoms with Gasteiger partial charge in [0, 0.05) is 22.8 Å². The molecule has 0 atom stereocenters. The summed E-state index contributed by atoms with van der Waals surface area (Å²) in [7, 11) is 1.50.